The van der Waals surface area contributed by atoms with E-state index in [4.69, 9.17) is 4.74 Å². The minimum Gasteiger partial charge on any atom is -0.383 e. The Labute approximate surface area is 216 Å². The quantitative estimate of drug-likeness (QED) is 0.428. The summed E-state index contributed by atoms with van der Waals surface area (Å²) in [4.78, 5) is 26.3. The summed E-state index contributed by atoms with van der Waals surface area (Å²) in [5, 5.41) is 2.45. The number of hydrogen-bond donors (Lipinski definition) is 1. The zero-order valence-electron chi connectivity index (χ0n) is 21.0. The van der Waals surface area contributed by atoms with Gasteiger partial charge in [-0.2, -0.15) is 13.2 Å². The van der Waals surface area contributed by atoms with Gasteiger partial charge >= 0.3 is 12.1 Å². The van der Waals surface area contributed by atoms with E-state index in [1.165, 1.54) is 0 Å². The summed E-state index contributed by atoms with van der Waals surface area (Å²) in [6, 6.07) is 7.56. The van der Waals surface area contributed by atoms with Crippen molar-refractivity contribution >= 4 is 22.7 Å². The topological polar surface area (TPSA) is 63.6 Å². The van der Waals surface area contributed by atoms with Crippen LogP contribution in [0.1, 0.15) is 45.8 Å². The van der Waals surface area contributed by atoms with Gasteiger partial charge in [-0.05, 0) is 42.9 Å². The highest BCUT2D eigenvalue weighted by molar-refractivity contribution is 6.07. The number of ether oxygens (including phenoxy) is 1. The van der Waals surface area contributed by atoms with Crippen LogP contribution in [0.2, 0.25) is 0 Å². The number of rotatable bonds is 7. The molecule has 204 valence electrons. The highest BCUT2D eigenvalue weighted by Crippen LogP contribution is 2.33. The van der Waals surface area contributed by atoms with E-state index >= 15 is 0 Å². The first kappa shape index (κ1) is 27.6. The average molecular weight is 538 g/mol. The number of methoxy groups -OCH3 is 1. The van der Waals surface area contributed by atoms with E-state index in [9.17, 15) is 31.5 Å². The van der Waals surface area contributed by atoms with Crippen LogP contribution in [0.15, 0.2) is 36.5 Å². The van der Waals surface area contributed by atoms with Gasteiger partial charge in [0.05, 0.1) is 17.7 Å². The van der Waals surface area contributed by atoms with E-state index in [2.05, 4.69) is 0 Å². The van der Waals surface area contributed by atoms with E-state index in [1.54, 1.807) is 17.3 Å². The molecule has 0 bridgehead atoms. The van der Waals surface area contributed by atoms with Crippen LogP contribution >= 0.6 is 0 Å². The monoisotopic (exact) mass is 537 g/mol. The second-order valence-corrected chi connectivity index (χ2v) is 9.41. The van der Waals surface area contributed by atoms with Crippen LogP contribution in [0.3, 0.4) is 0 Å². The summed E-state index contributed by atoms with van der Waals surface area (Å²) in [5.41, 5.74) is 2.47. The lowest BCUT2D eigenvalue weighted by Gasteiger charge is -2.32. The largest absolute Gasteiger partial charge is 0.471 e. The fourth-order valence-corrected chi connectivity index (χ4v) is 4.98. The molecule has 2 aromatic carbocycles. The maximum atomic E-state index is 14.6. The first-order valence-corrected chi connectivity index (χ1v) is 12.2. The van der Waals surface area contributed by atoms with Crippen molar-refractivity contribution in [3.63, 3.8) is 0 Å². The SMILES string of the molecule is COCCn1cc(C(=O)N2CCC(c3cc(CNC(=O)C(F)(F)F)c(F)cc3F)CC2)c2cccc(C)c21. The number of likely N-dealkylation sites (tertiary alicyclic amines) is 1. The molecule has 1 fully saturated rings. The number of hydrogen-bond acceptors (Lipinski definition) is 3. The number of carbonyl (C=O) groups excluding carboxylic acids is 2. The van der Waals surface area contributed by atoms with Crippen molar-refractivity contribution in [3.8, 4) is 0 Å². The number of halogens is 5. The Morgan fingerprint density at radius 2 is 1.82 bits per heavy atom. The van der Waals surface area contributed by atoms with E-state index in [1.807, 2.05) is 35.9 Å². The van der Waals surface area contributed by atoms with Crippen molar-refractivity contribution in [1.29, 1.82) is 0 Å². The van der Waals surface area contributed by atoms with Gasteiger partial charge in [0.25, 0.3) is 5.91 Å². The third-order valence-electron chi connectivity index (χ3n) is 6.95. The molecule has 3 aromatic rings. The maximum absolute atomic E-state index is 14.6. The van der Waals surface area contributed by atoms with Crippen molar-refractivity contribution < 1.29 is 36.3 Å². The van der Waals surface area contributed by atoms with Gasteiger partial charge in [0.15, 0.2) is 0 Å². The third-order valence-corrected chi connectivity index (χ3v) is 6.95. The number of nitrogens with one attached hydrogen (secondary N) is 1. The summed E-state index contributed by atoms with van der Waals surface area (Å²) >= 11 is 0. The first-order chi connectivity index (χ1) is 18.0. The van der Waals surface area contributed by atoms with E-state index in [0.717, 1.165) is 22.5 Å². The third kappa shape index (κ3) is 5.67. The molecule has 6 nitrogen and oxygen atoms in total. The summed E-state index contributed by atoms with van der Waals surface area (Å²) < 4.78 is 73.4. The van der Waals surface area contributed by atoms with Crippen LogP contribution in [0.4, 0.5) is 22.0 Å². The molecule has 1 aliphatic heterocycles. The molecule has 0 unspecified atom stereocenters. The van der Waals surface area contributed by atoms with E-state index < -0.39 is 30.3 Å². The zero-order valence-corrected chi connectivity index (χ0v) is 21.0. The van der Waals surface area contributed by atoms with Crippen LogP contribution in [0.5, 0.6) is 0 Å². The van der Waals surface area contributed by atoms with Gasteiger partial charge in [-0.25, -0.2) is 8.78 Å². The second kappa shape index (κ2) is 11.1. The molecule has 0 spiro atoms. The summed E-state index contributed by atoms with van der Waals surface area (Å²) in [7, 11) is 1.61. The molecule has 11 heteroatoms. The number of carbonyl (C=O) groups is 2. The summed E-state index contributed by atoms with van der Waals surface area (Å²) in [6.07, 6.45) is -2.49. The minimum absolute atomic E-state index is 0.148. The van der Waals surface area contributed by atoms with Crippen molar-refractivity contribution in [2.45, 2.75) is 44.9 Å². The summed E-state index contributed by atoms with van der Waals surface area (Å²) in [5.74, 6) is -4.56. The lowest BCUT2D eigenvalue weighted by Crippen LogP contribution is -2.38. The summed E-state index contributed by atoms with van der Waals surface area (Å²) in [6.45, 7) is 2.99. The lowest BCUT2D eigenvalue weighted by atomic mass is 9.87. The Bertz CT molecular complexity index is 1340. The normalized spacial score (nSPS) is 14.8. The molecule has 0 saturated carbocycles. The highest BCUT2D eigenvalue weighted by Gasteiger charge is 2.38. The predicted octanol–water partition coefficient (Wildman–Crippen LogP) is 5.07. The number of para-hydroxylation sites is 1. The Hall–Kier alpha value is -3.47. The molecule has 1 aromatic heterocycles. The molecule has 38 heavy (non-hydrogen) atoms. The number of piperidine rings is 1. The van der Waals surface area contributed by atoms with Crippen molar-refractivity contribution in [1.82, 2.24) is 14.8 Å². The molecular formula is C27H28F5N3O3. The second-order valence-electron chi connectivity index (χ2n) is 9.41. The van der Waals surface area contributed by atoms with Gasteiger partial charge in [-0.3, -0.25) is 9.59 Å². The maximum Gasteiger partial charge on any atom is 0.471 e. The van der Waals surface area contributed by atoms with Gasteiger partial charge in [0, 0.05) is 56.5 Å². The number of amides is 2. The van der Waals surface area contributed by atoms with Crippen LogP contribution in [0, 0.1) is 18.6 Å². The Morgan fingerprint density at radius 1 is 1.11 bits per heavy atom. The van der Waals surface area contributed by atoms with Crippen molar-refractivity contribution in [3.05, 3.63) is 70.4 Å². The lowest BCUT2D eigenvalue weighted by molar-refractivity contribution is -0.173. The van der Waals surface area contributed by atoms with Gasteiger partial charge in [0.2, 0.25) is 0 Å². The van der Waals surface area contributed by atoms with Crippen LogP contribution in [-0.4, -0.2) is 54.3 Å². The highest BCUT2D eigenvalue weighted by atomic mass is 19.4. The molecule has 2 amide bonds. The molecule has 2 heterocycles. The fourth-order valence-electron chi connectivity index (χ4n) is 4.98. The smallest absolute Gasteiger partial charge is 0.383 e. The van der Waals surface area contributed by atoms with Crippen molar-refractivity contribution in [2.24, 2.45) is 0 Å². The van der Waals surface area contributed by atoms with Gasteiger partial charge in [-0.15, -0.1) is 0 Å². The number of alkyl halides is 3. The zero-order chi connectivity index (χ0) is 27.6. The minimum atomic E-state index is -5.10. The number of aryl methyl sites for hydroxylation is 1. The van der Waals surface area contributed by atoms with E-state index in [-0.39, 0.29) is 23.0 Å². The Balaban J connectivity index is 1.49. The van der Waals surface area contributed by atoms with Crippen molar-refractivity contribution in [2.75, 3.05) is 26.8 Å². The van der Waals surface area contributed by atoms with Crippen LogP contribution in [0.25, 0.3) is 10.9 Å². The average Bonchev–Trinajstić information content (AvgIpc) is 3.25. The molecule has 1 aliphatic rings. The van der Waals surface area contributed by atoms with Crippen LogP contribution < -0.4 is 5.32 Å². The Kier molecular flexibility index (Phi) is 8.05. The molecule has 1 N–H and O–H groups in total. The standard InChI is InChI=1S/C27H28F5N3O3/c1-16-4-3-5-19-21(15-35(24(16)19)10-11-38-2)25(36)34-8-6-17(7-9-34)20-12-18(22(28)13-23(20)29)14-33-26(37)27(30,31)32/h3-5,12-13,15,17H,6-11,14H2,1-2H3,(H,33,37). The fraction of sp³-hybridized carbons (Fsp3) is 0.407. The molecule has 0 atom stereocenters. The van der Waals surface area contributed by atoms with Crippen LogP contribution in [-0.2, 0) is 22.6 Å². The number of benzene rings is 2. The predicted molar refractivity (Wildman–Crippen MR) is 131 cm³/mol. The Morgan fingerprint density at radius 3 is 2.47 bits per heavy atom. The van der Waals surface area contributed by atoms with Gasteiger partial charge in [-0.1, -0.05) is 18.2 Å². The number of nitrogens with zero attached hydrogens (tertiary/aromatic N) is 2. The molecule has 1 saturated heterocycles. The number of fused-ring (bicyclic) bond motifs is 1. The van der Waals surface area contributed by atoms with Gasteiger partial charge in [0.1, 0.15) is 11.6 Å². The number of aromatic nitrogens is 1. The molecular weight excluding hydrogens is 509 g/mol. The molecule has 0 radical (unpaired) electrons. The molecule has 0 aliphatic carbocycles. The first-order valence-electron chi connectivity index (χ1n) is 12.2. The molecule has 4 rings (SSSR count). The van der Waals surface area contributed by atoms with E-state index in [0.29, 0.717) is 50.7 Å². The van der Waals surface area contributed by atoms with Gasteiger partial charge < -0.3 is 19.5 Å².